The van der Waals surface area contributed by atoms with Crippen LogP contribution in [0.5, 0.6) is 0 Å². The van der Waals surface area contributed by atoms with Gasteiger partial charge in [-0.1, -0.05) is 0 Å². The van der Waals surface area contributed by atoms with Crippen LogP contribution in [0.25, 0.3) is 0 Å². The Balaban J connectivity index is 3.81. The van der Waals surface area contributed by atoms with Crippen molar-refractivity contribution in [1.29, 1.82) is 0 Å². The second kappa shape index (κ2) is 6.64. The maximum atomic E-state index is 10.9. The highest BCUT2D eigenvalue weighted by atomic mass is 17.5. The maximum Gasteiger partial charge on any atom is 0.456 e. The maximum absolute atomic E-state index is 10.9. The predicted molar refractivity (Wildman–Crippen MR) is 56.0 cm³/mol. The average Bonchev–Trinajstić information content (AvgIpc) is 2.13. The predicted octanol–water partition coefficient (Wildman–Crippen LogP) is 1.40. The molecule has 0 atom stereocenters. The van der Waals surface area contributed by atoms with Crippen LogP contribution in [0, 0.1) is 0 Å². The summed E-state index contributed by atoms with van der Waals surface area (Å²) in [5.74, 6) is -2.89. The van der Waals surface area contributed by atoms with E-state index in [4.69, 9.17) is 0 Å². The van der Waals surface area contributed by atoms with Crippen molar-refractivity contribution >= 4 is 11.9 Å². The lowest BCUT2D eigenvalue weighted by Gasteiger charge is -2.15. The number of hydrogen-bond donors (Lipinski definition) is 0. The quantitative estimate of drug-likeness (QED) is 0.428. The third-order valence-corrected chi connectivity index (χ3v) is 0.954. The molecule has 0 amide bonds. The van der Waals surface area contributed by atoms with E-state index in [1.54, 1.807) is 41.5 Å². The van der Waals surface area contributed by atoms with Crippen LogP contribution in [0.1, 0.15) is 41.5 Å². The summed E-state index contributed by atoms with van der Waals surface area (Å²) in [5, 5.41) is 8.16. The monoisotopic (exact) mass is 266 g/mol. The molecule has 0 saturated carbocycles. The smallest absolute Gasteiger partial charge is 0.255 e. The van der Waals surface area contributed by atoms with E-state index in [0.29, 0.717) is 0 Å². The fraction of sp³-hybridized carbons (Fsp3) is 0.800. The summed E-state index contributed by atoms with van der Waals surface area (Å²) < 4.78 is 0. The van der Waals surface area contributed by atoms with Crippen LogP contribution in [0.15, 0.2) is 0 Å². The van der Waals surface area contributed by atoms with Crippen LogP contribution in [-0.4, -0.2) is 23.1 Å². The Kier molecular flexibility index (Phi) is 6.19. The molecule has 0 radical (unpaired) electrons. The molecule has 8 nitrogen and oxygen atoms in total. The summed E-state index contributed by atoms with van der Waals surface area (Å²) in [7, 11) is 0. The van der Waals surface area contributed by atoms with Gasteiger partial charge in [-0.25, -0.2) is 9.59 Å². The van der Waals surface area contributed by atoms with Gasteiger partial charge in [0.2, 0.25) is 0 Å². The normalized spacial score (nSPS) is 12.1. The van der Waals surface area contributed by atoms with Crippen molar-refractivity contribution < 1.29 is 39.2 Å². The van der Waals surface area contributed by atoms with Crippen molar-refractivity contribution in [2.24, 2.45) is 0 Å². The van der Waals surface area contributed by atoms with E-state index in [2.05, 4.69) is 29.6 Å². The van der Waals surface area contributed by atoms with E-state index in [9.17, 15) is 9.59 Å². The largest absolute Gasteiger partial charge is 0.456 e. The van der Waals surface area contributed by atoms with Crippen LogP contribution >= 0.6 is 0 Å². The molecule has 0 rings (SSSR count). The van der Waals surface area contributed by atoms with E-state index in [1.165, 1.54) is 0 Å². The molecule has 106 valence electrons. The SMILES string of the molecule is CC(C)(C)OOOC(=O)C(=O)OOOC(C)(C)C. The summed E-state index contributed by atoms with van der Waals surface area (Å²) in [5.41, 5.74) is -1.40. The zero-order valence-corrected chi connectivity index (χ0v) is 11.3. The van der Waals surface area contributed by atoms with Gasteiger partial charge in [0.05, 0.1) is 11.2 Å². The highest BCUT2D eigenvalue weighted by Gasteiger charge is 2.24. The topological polar surface area (TPSA) is 89.5 Å². The molecule has 0 spiro atoms. The van der Waals surface area contributed by atoms with E-state index in [0.717, 1.165) is 0 Å². The van der Waals surface area contributed by atoms with Gasteiger partial charge in [-0.05, 0) is 51.6 Å². The molecule has 18 heavy (non-hydrogen) atoms. The first-order valence-corrected chi connectivity index (χ1v) is 5.14. The first-order valence-electron chi connectivity index (χ1n) is 5.14. The molecule has 0 aromatic heterocycles. The molecule has 8 heteroatoms. The summed E-state index contributed by atoms with van der Waals surface area (Å²) in [6.45, 7) is 9.91. The fourth-order valence-electron chi connectivity index (χ4n) is 0.368. The Labute approximate surface area is 105 Å². The molecule has 0 aliphatic carbocycles. The zero-order chi connectivity index (χ0) is 14.4. The lowest BCUT2D eigenvalue weighted by Crippen LogP contribution is -2.26. The first kappa shape index (κ1) is 16.8. The van der Waals surface area contributed by atoms with Crippen molar-refractivity contribution in [1.82, 2.24) is 0 Å². The molecule has 0 unspecified atom stereocenters. The lowest BCUT2D eigenvalue weighted by atomic mass is 10.2. The zero-order valence-electron chi connectivity index (χ0n) is 11.3. The Morgan fingerprint density at radius 1 is 0.667 bits per heavy atom. The van der Waals surface area contributed by atoms with Crippen LogP contribution in [-0.2, 0) is 39.2 Å². The number of carbonyl (C=O) groups excluding carboxylic acids is 2. The third-order valence-electron chi connectivity index (χ3n) is 0.954. The lowest BCUT2D eigenvalue weighted by molar-refractivity contribution is -0.523. The summed E-state index contributed by atoms with van der Waals surface area (Å²) >= 11 is 0. The van der Waals surface area contributed by atoms with Crippen LogP contribution in [0.3, 0.4) is 0 Å². The standard InChI is InChI=1S/C10H18O8/c1-9(2,3)15-17-13-7(11)8(12)14-18-16-10(4,5)6/h1-6H3. The van der Waals surface area contributed by atoms with E-state index < -0.39 is 23.1 Å². The van der Waals surface area contributed by atoms with E-state index in [-0.39, 0.29) is 0 Å². The van der Waals surface area contributed by atoms with Crippen LogP contribution in [0.4, 0.5) is 0 Å². The van der Waals surface area contributed by atoms with Gasteiger partial charge in [0, 0.05) is 0 Å². The molecule has 0 aliphatic heterocycles. The summed E-state index contributed by atoms with van der Waals surface area (Å²) in [4.78, 5) is 39.0. The Bertz CT molecular complexity index is 255. The van der Waals surface area contributed by atoms with Gasteiger partial charge >= 0.3 is 11.9 Å². The second-order valence-electron chi connectivity index (χ2n) is 5.27. The van der Waals surface area contributed by atoms with Gasteiger partial charge in [0.25, 0.3) is 0 Å². The molecule has 0 aliphatic rings. The van der Waals surface area contributed by atoms with Gasteiger partial charge in [0.15, 0.2) is 0 Å². The summed E-state index contributed by atoms with van der Waals surface area (Å²) in [6, 6.07) is 0. The number of carbonyl (C=O) groups is 2. The highest BCUT2D eigenvalue weighted by Crippen LogP contribution is 2.08. The van der Waals surface area contributed by atoms with Gasteiger partial charge in [0.1, 0.15) is 0 Å². The molecule has 0 N–H and O–H groups in total. The van der Waals surface area contributed by atoms with Crippen molar-refractivity contribution in [2.45, 2.75) is 52.7 Å². The molecular formula is C10H18O8. The highest BCUT2D eigenvalue weighted by molar-refractivity contribution is 6.29. The molecule has 0 aromatic carbocycles. The Hall–Kier alpha value is -1.22. The molecule has 0 heterocycles. The van der Waals surface area contributed by atoms with E-state index >= 15 is 0 Å². The van der Waals surface area contributed by atoms with Crippen LogP contribution < -0.4 is 0 Å². The third kappa shape index (κ3) is 9.97. The van der Waals surface area contributed by atoms with Gasteiger partial charge in [-0.2, -0.15) is 9.78 Å². The van der Waals surface area contributed by atoms with Crippen molar-refractivity contribution in [3.8, 4) is 0 Å². The van der Waals surface area contributed by atoms with Crippen molar-refractivity contribution in [3.05, 3.63) is 0 Å². The molecule has 0 aromatic rings. The molecule has 0 saturated heterocycles. The van der Waals surface area contributed by atoms with Gasteiger partial charge < -0.3 is 0 Å². The van der Waals surface area contributed by atoms with Gasteiger partial charge in [-0.15, -0.1) is 0 Å². The second-order valence-corrected chi connectivity index (χ2v) is 5.27. The number of hydrogen-bond acceptors (Lipinski definition) is 8. The van der Waals surface area contributed by atoms with Crippen molar-refractivity contribution in [2.75, 3.05) is 0 Å². The van der Waals surface area contributed by atoms with Crippen LogP contribution in [0.2, 0.25) is 0 Å². The van der Waals surface area contributed by atoms with Gasteiger partial charge in [-0.3, -0.25) is 9.78 Å². The van der Waals surface area contributed by atoms with Crippen molar-refractivity contribution in [3.63, 3.8) is 0 Å². The Morgan fingerprint density at radius 2 is 0.944 bits per heavy atom. The summed E-state index contributed by atoms with van der Waals surface area (Å²) in [6.07, 6.45) is 0. The Morgan fingerprint density at radius 3 is 1.17 bits per heavy atom. The fourth-order valence-corrected chi connectivity index (χ4v) is 0.368. The average molecular weight is 266 g/mol. The molecule has 0 bridgehead atoms. The molecular weight excluding hydrogens is 248 g/mol. The first-order chi connectivity index (χ1) is 8.01. The minimum atomic E-state index is -1.45. The van der Waals surface area contributed by atoms with E-state index in [1.807, 2.05) is 0 Å². The minimum absolute atomic E-state index is 0.698. The number of rotatable bonds is 4. The molecule has 0 fully saturated rings. The minimum Gasteiger partial charge on any atom is -0.255 e.